The van der Waals surface area contributed by atoms with Crippen LogP contribution in [0.1, 0.15) is 11.1 Å². The molecule has 1 aromatic carbocycles. The van der Waals surface area contributed by atoms with Gasteiger partial charge in [-0.15, -0.1) is 0 Å². The van der Waals surface area contributed by atoms with Crippen molar-refractivity contribution < 1.29 is 9.13 Å². The van der Waals surface area contributed by atoms with Gasteiger partial charge < -0.3 is 4.74 Å². The lowest BCUT2D eigenvalue weighted by Gasteiger charge is -2.12. The molecule has 0 spiro atoms. The summed E-state index contributed by atoms with van der Waals surface area (Å²) >= 11 is 0. The van der Waals surface area contributed by atoms with Crippen molar-refractivity contribution in [3.05, 3.63) is 51.8 Å². The molecular weight excluding hydrogens is 291 g/mol. The summed E-state index contributed by atoms with van der Waals surface area (Å²) in [5.74, 6) is 0.0107. The first-order chi connectivity index (χ1) is 10.6. The molecule has 0 amide bonds. The first-order valence-corrected chi connectivity index (χ1v) is 6.47. The maximum atomic E-state index is 13.7. The van der Waals surface area contributed by atoms with Gasteiger partial charge in [-0.3, -0.25) is 0 Å². The first-order valence-electron chi connectivity index (χ1n) is 6.47. The Kier molecular flexibility index (Phi) is 3.45. The fourth-order valence-corrected chi connectivity index (χ4v) is 2.07. The number of hydrogen-bond acceptors (Lipinski definition) is 5. The summed E-state index contributed by atoms with van der Waals surface area (Å²) in [4.78, 5) is 12.0. The van der Waals surface area contributed by atoms with Crippen LogP contribution in [0.3, 0.4) is 0 Å². The zero-order chi connectivity index (χ0) is 15.7. The quantitative estimate of drug-likeness (QED) is 0.767. The predicted octanol–water partition coefficient (Wildman–Crippen LogP) is 0.716. The molecule has 0 fully saturated rings. The second kappa shape index (κ2) is 5.43. The zero-order valence-electron chi connectivity index (χ0n) is 11.9. The summed E-state index contributed by atoms with van der Waals surface area (Å²) in [5, 5.41) is 13.8. The van der Waals surface area contributed by atoms with Gasteiger partial charge in [0, 0.05) is 24.7 Å². The molecule has 2 heterocycles. The Morgan fingerprint density at radius 2 is 2.18 bits per heavy atom. The number of nitrogens with one attached hydrogen (secondary N) is 1. The smallest absolute Gasteiger partial charge is 0.368 e. The average molecular weight is 304 g/mol. The van der Waals surface area contributed by atoms with Crippen LogP contribution in [0.5, 0.6) is 5.88 Å². The minimum absolute atomic E-state index is 0.132. The number of hydrogen-bond donors (Lipinski definition) is 1. The van der Waals surface area contributed by atoms with Crippen molar-refractivity contribution >= 4 is 0 Å². The maximum Gasteiger partial charge on any atom is 0.368 e. The molecular formula is C13H13FN6O2. The molecule has 0 aliphatic carbocycles. The van der Waals surface area contributed by atoms with Crippen LogP contribution < -0.4 is 10.4 Å². The van der Waals surface area contributed by atoms with Gasteiger partial charge in [0.1, 0.15) is 12.4 Å². The van der Waals surface area contributed by atoms with Gasteiger partial charge in [-0.2, -0.15) is 14.5 Å². The molecule has 0 atom stereocenters. The molecule has 0 saturated carbocycles. The summed E-state index contributed by atoms with van der Waals surface area (Å²) < 4.78 is 21.4. The van der Waals surface area contributed by atoms with Crippen LogP contribution in [-0.4, -0.2) is 30.0 Å². The van der Waals surface area contributed by atoms with E-state index in [1.54, 1.807) is 19.2 Å². The molecule has 2 aromatic heterocycles. The lowest BCUT2D eigenvalue weighted by molar-refractivity contribution is 0.292. The highest BCUT2D eigenvalue weighted by atomic mass is 19.1. The fraction of sp³-hybridized carbons (Fsp3) is 0.231. The van der Waals surface area contributed by atoms with Gasteiger partial charge in [0.05, 0.1) is 11.9 Å². The van der Waals surface area contributed by atoms with E-state index in [-0.39, 0.29) is 6.61 Å². The number of tetrazole rings is 1. The van der Waals surface area contributed by atoms with E-state index in [1.807, 2.05) is 0 Å². The van der Waals surface area contributed by atoms with Gasteiger partial charge in [-0.25, -0.2) is 14.3 Å². The van der Waals surface area contributed by atoms with Crippen molar-refractivity contribution in [1.82, 2.24) is 30.0 Å². The van der Waals surface area contributed by atoms with E-state index in [9.17, 15) is 9.18 Å². The van der Waals surface area contributed by atoms with Crippen molar-refractivity contribution in [3.8, 4) is 11.6 Å². The molecule has 3 rings (SSSR count). The summed E-state index contributed by atoms with van der Waals surface area (Å²) in [5.41, 5.74) is 1.12. The predicted molar refractivity (Wildman–Crippen MR) is 74.2 cm³/mol. The lowest BCUT2D eigenvalue weighted by atomic mass is 10.1. The molecule has 0 aliphatic heterocycles. The van der Waals surface area contributed by atoms with Gasteiger partial charge in [0.2, 0.25) is 5.88 Å². The largest absolute Gasteiger partial charge is 0.473 e. The Bertz CT molecular complexity index is 852. The van der Waals surface area contributed by atoms with Gasteiger partial charge in [0.25, 0.3) is 0 Å². The normalized spacial score (nSPS) is 10.9. The summed E-state index contributed by atoms with van der Waals surface area (Å²) in [6, 6.07) is 4.26. The van der Waals surface area contributed by atoms with Crippen LogP contribution >= 0.6 is 0 Å². The van der Waals surface area contributed by atoms with Gasteiger partial charge >= 0.3 is 5.69 Å². The van der Waals surface area contributed by atoms with Crippen LogP contribution in [-0.2, 0) is 13.7 Å². The summed E-state index contributed by atoms with van der Waals surface area (Å²) in [6.07, 6.45) is 1.56. The van der Waals surface area contributed by atoms with Crippen LogP contribution in [0.2, 0.25) is 0 Å². The third kappa shape index (κ3) is 2.48. The van der Waals surface area contributed by atoms with Crippen LogP contribution in [0.4, 0.5) is 4.39 Å². The maximum absolute atomic E-state index is 13.7. The van der Waals surface area contributed by atoms with Crippen LogP contribution in [0.15, 0.2) is 29.2 Å². The number of H-pyrrole nitrogens is 1. The molecule has 8 nitrogen and oxygen atoms in total. The second-order valence-electron chi connectivity index (χ2n) is 4.73. The Labute approximate surface area is 124 Å². The van der Waals surface area contributed by atoms with Crippen molar-refractivity contribution in [2.24, 2.45) is 7.05 Å². The lowest BCUT2D eigenvalue weighted by Crippen LogP contribution is -2.23. The molecule has 0 radical (unpaired) electrons. The molecule has 114 valence electrons. The van der Waals surface area contributed by atoms with Crippen LogP contribution in [0, 0.1) is 12.7 Å². The van der Waals surface area contributed by atoms with Crippen LogP contribution in [0.25, 0.3) is 5.69 Å². The molecule has 0 saturated heterocycles. The van der Waals surface area contributed by atoms with E-state index in [1.165, 1.54) is 19.2 Å². The van der Waals surface area contributed by atoms with Crippen molar-refractivity contribution in [3.63, 3.8) is 0 Å². The van der Waals surface area contributed by atoms with Gasteiger partial charge in [-0.05, 0) is 29.0 Å². The molecule has 22 heavy (non-hydrogen) atoms. The van der Waals surface area contributed by atoms with Crippen molar-refractivity contribution in [2.75, 3.05) is 0 Å². The Hall–Kier alpha value is -2.97. The number of aromatic nitrogens is 6. The molecule has 0 unspecified atom stereocenters. The van der Waals surface area contributed by atoms with Crippen molar-refractivity contribution in [1.29, 1.82) is 0 Å². The van der Waals surface area contributed by atoms with Crippen molar-refractivity contribution in [2.45, 2.75) is 13.5 Å². The highest BCUT2D eigenvalue weighted by Gasteiger charge is 2.15. The number of ether oxygens (including phenoxy) is 1. The molecule has 0 bridgehead atoms. The molecule has 9 heteroatoms. The SMILES string of the molecule is Cc1cc(F)cc(-n2nnn(C)c2=O)c1COc1ccn[nH]1. The van der Waals surface area contributed by atoms with Gasteiger partial charge in [0.15, 0.2) is 0 Å². The number of aryl methyl sites for hydroxylation is 2. The average Bonchev–Trinajstić information content (AvgIpc) is 3.09. The number of nitrogens with zero attached hydrogens (tertiary/aromatic N) is 5. The zero-order valence-corrected chi connectivity index (χ0v) is 11.9. The Balaban J connectivity index is 2.04. The number of aromatic amines is 1. The Morgan fingerprint density at radius 3 is 2.82 bits per heavy atom. The van der Waals surface area contributed by atoms with E-state index >= 15 is 0 Å². The summed E-state index contributed by atoms with van der Waals surface area (Å²) in [7, 11) is 1.47. The molecule has 0 aliphatic rings. The van der Waals surface area contributed by atoms with E-state index in [2.05, 4.69) is 20.6 Å². The van der Waals surface area contributed by atoms with E-state index in [0.717, 1.165) is 9.36 Å². The first kappa shape index (κ1) is 14.0. The second-order valence-corrected chi connectivity index (χ2v) is 4.73. The highest BCUT2D eigenvalue weighted by molar-refractivity contribution is 5.45. The minimum atomic E-state index is -0.465. The molecule has 1 N–H and O–H groups in total. The number of benzene rings is 1. The van der Waals surface area contributed by atoms with E-state index < -0.39 is 11.5 Å². The number of rotatable bonds is 4. The minimum Gasteiger partial charge on any atom is -0.473 e. The monoisotopic (exact) mass is 304 g/mol. The Morgan fingerprint density at radius 1 is 1.36 bits per heavy atom. The third-order valence-corrected chi connectivity index (χ3v) is 3.21. The third-order valence-electron chi connectivity index (χ3n) is 3.21. The highest BCUT2D eigenvalue weighted by Crippen LogP contribution is 2.21. The number of halogens is 1. The summed E-state index contributed by atoms with van der Waals surface area (Å²) in [6.45, 7) is 1.87. The van der Waals surface area contributed by atoms with Gasteiger partial charge in [-0.1, -0.05) is 0 Å². The van der Waals surface area contributed by atoms with E-state index in [0.29, 0.717) is 22.7 Å². The standard InChI is InChI=1S/C13H13FN6O2/c1-8-5-9(14)6-11(20-13(21)19(2)17-18-20)10(8)7-22-12-3-4-15-16-12/h3-6H,7H2,1-2H3,(H,15,16). The topological polar surface area (TPSA) is 90.6 Å². The van der Waals surface area contributed by atoms with E-state index in [4.69, 9.17) is 4.74 Å². The fourth-order valence-electron chi connectivity index (χ4n) is 2.07. The molecule has 3 aromatic rings.